The van der Waals surface area contributed by atoms with Gasteiger partial charge in [-0.15, -0.1) is 0 Å². The Morgan fingerprint density at radius 3 is 2.50 bits per heavy atom. The molecular formula is C15H31N3O2. The Bertz CT molecular complexity index is 281. The largest absolute Gasteiger partial charge is 0.383 e. The molecule has 0 bridgehead atoms. The van der Waals surface area contributed by atoms with Crippen LogP contribution in [0.3, 0.4) is 0 Å². The van der Waals surface area contributed by atoms with Crippen LogP contribution in [0.2, 0.25) is 0 Å². The number of ether oxygens (including phenoxy) is 2. The monoisotopic (exact) mass is 285 g/mol. The second-order valence-corrected chi connectivity index (χ2v) is 5.45. The van der Waals surface area contributed by atoms with Crippen molar-refractivity contribution in [3.05, 3.63) is 0 Å². The lowest BCUT2D eigenvalue weighted by molar-refractivity contribution is 0.0710. The van der Waals surface area contributed by atoms with Crippen LogP contribution in [-0.2, 0) is 9.47 Å². The van der Waals surface area contributed by atoms with E-state index in [2.05, 4.69) is 30.1 Å². The molecule has 0 heterocycles. The molecule has 0 aliphatic rings. The number of nitriles is 1. The van der Waals surface area contributed by atoms with Crippen molar-refractivity contribution in [3.63, 3.8) is 0 Å². The molecular weight excluding hydrogens is 254 g/mol. The van der Waals surface area contributed by atoms with Crippen LogP contribution in [0.15, 0.2) is 0 Å². The average Bonchev–Trinajstić information content (AvgIpc) is 2.45. The number of nitrogens with one attached hydrogen (secondary N) is 1. The summed E-state index contributed by atoms with van der Waals surface area (Å²) in [5.41, 5.74) is -0.464. The SMILES string of the molecule is CCCNC(C)(C#N)CCN(CCOC)C(C)COC. The number of nitrogens with zero attached hydrogens (tertiary/aromatic N) is 2. The van der Waals surface area contributed by atoms with Gasteiger partial charge >= 0.3 is 0 Å². The van der Waals surface area contributed by atoms with Gasteiger partial charge in [-0.2, -0.15) is 5.26 Å². The standard InChI is InChI=1S/C15H31N3O2/c1-6-8-17-15(3,13-16)7-9-18(10-11-19-4)14(2)12-20-5/h14,17H,6-12H2,1-5H3. The fourth-order valence-corrected chi connectivity index (χ4v) is 2.06. The first-order valence-corrected chi connectivity index (χ1v) is 7.41. The number of hydrogen-bond donors (Lipinski definition) is 1. The third-order valence-electron chi connectivity index (χ3n) is 3.52. The van der Waals surface area contributed by atoms with Crippen LogP contribution in [0, 0.1) is 11.3 Å². The summed E-state index contributed by atoms with van der Waals surface area (Å²) in [4.78, 5) is 2.32. The zero-order valence-electron chi connectivity index (χ0n) is 13.7. The van der Waals surface area contributed by atoms with E-state index in [1.807, 2.05) is 6.92 Å². The first-order valence-electron chi connectivity index (χ1n) is 7.41. The Morgan fingerprint density at radius 1 is 1.30 bits per heavy atom. The summed E-state index contributed by atoms with van der Waals surface area (Å²) < 4.78 is 10.4. The molecule has 0 aliphatic heterocycles. The molecule has 0 amide bonds. The van der Waals surface area contributed by atoms with Gasteiger partial charge in [-0.05, 0) is 33.2 Å². The lowest BCUT2D eigenvalue weighted by atomic mass is 9.99. The fourth-order valence-electron chi connectivity index (χ4n) is 2.06. The molecule has 5 heteroatoms. The molecule has 20 heavy (non-hydrogen) atoms. The topological polar surface area (TPSA) is 57.5 Å². The summed E-state index contributed by atoms with van der Waals surface area (Å²) >= 11 is 0. The summed E-state index contributed by atoms with van der Waals surface area (Å²) in [6.07, 6.45) is 1.83. The Hall–Kier alpha value is -0.670. The van der Waals surface area contributed by atoms with E-state index in [9.17, 15) is 5.26 Å². The second kappa shape index (κ2) is 11.0. The molecule has 0 saturated heterocycles. The highest BCUT2D eigenvalue weighted by Gasteiger charge is 2.24. The van der Waals surface area contributed by atoms with Gasteiger partial charge in [-0.25, -0.2) is 0 Å². The van der Waals surface area contributed by atoms with Crippen LogP contribution in [0.1, 0.15) is 33.6 Å². The molecule has 118 valence electrons. The van der Waals surface area contributed by atoms with E-state index in [0.717, 1.165) is 32.5 Å². The van der Waals surface area contributed by atoms with E-state index in [-0.39, 0.29) is 0 Å². The van der Waals surface area contributed by atoms with Gasteiger partial charge < -0.3 is 9.47 Å². The molecule has 0 spiro atoms. The molecule has 0 aromatic heterocycles. The van der Waals surface area contributed by atoms with Crippen LogP contribution in [0.4, 0.5) is 0 Å². The maximum absolute atomic E-state index is 9.36. The van der Waals surface area contributed by atoms with Gasteiger partial charge in [0.2, 0.25) is 0 Å². The summed E-state index contributed by atoms with van der Waals surface area (Å²) in [5.74, 6) is 0. The van der Waals surface area contributed by atoms with E-state index in [1.165, 1.54) is 0 Å². The minimum atomic E-state index is -0.464. The third kappa shape index (κ3) is 7.81. The Kier molecular flexibility index (Phi) is 10.7. The van der Waals surface area contributed by atoms with Crippen LogP contribution in [0.25, 0.3) is 0 Å². The summed E-state index contributed by atoms with van der Waals surface area (Å²) in [6.45, 7) is 10.2. The number of methoxy groups -OCH3 is 2. The van der Waals surface area contributed by atoms with Crippen LogP contribution < -0.4 is 5.32 Å². The van der Waals surface area contributed by atoms with Crippen molar-refractivity contribution in [2.24, 2.45) is 0 Å². The number of hydrogen-bond acceptors (Lipinski definition) is 5. The maximum Gasteiger partial charge on any atom is 0.105 e. The molecule has 0 aliphatic carbocycles. The van der Waals surface area contributed by atoms with Crippen LogP contribution in [-0.4, -0.2) is 63.5 Å². The van der Waals surface area contributed by atoms with Gasteiger partial charge in [0, 0.05) is 33.4 Å². The lowest BCUT2D eigenvalue weighted by Crippen LogP contribution is -2.47. The third-order valence-corrected chi connectivity index (χ3v) is 3.52. The predicted octanol–water partition coefficient (Wildman–Crippen LogP) is 1.64. The van der Waals surface area contributed by atoms with E-state index >= 15 is 0 Å². The van der Waals surface area contributed by atoms with Crippen molar-refractivity contribution in [1.29, 1.82) is 5.26 Å². The van der Waals surface area contributed by atoms with E-state index in [1.54, 1.807) is 14.2 Å². The molecule has 1 N–H and O–H groups in total. The predicted molar refractivity (Wildman–Crippen MR) is 81.7 cm³/mol. The normalized spacial score (nSPS) is 15.8. The highest BCUT2D eigenvalue weighted by Crippen LogP contribution is 2.11. The van der Waals surface area contributed by atoms with Crippen molar-refractivity contribution in [1.82, 2.24) is 10.2 Å². The maximum atomic E-state index is 9.36. The second-order valence-electron chi connectivity index (χ2n) is 5.45. The molecule has 0 fully saturated rings. The zero-order valence-corrected chi connectivity index (χ0v) is 13.7. The van der Waals surface area contributed by atoms with Gasteiger partial charge in [0.05, 0.1) is 19.3 Å². The smallest absolute Gasteiger partial charge is 0.105 e. The van der Waals surface area contributed by atoms with Crippen molar-refractivity contribution in [2.45, 2.75) is 45.2 Å². The highest BCUT2D eigenvalue weighted by atomic mass is 16.5. The van der Waals surface area contributed by atoms with Gasteiger partial charge in [0.25, 0.3) is 0 Å². The van der Waals surface area contributed by atoms with Crippen molar-refractivity contribution < 1.29 is 9.47 Å². The fraction of sp³-hybridized carbons (Fsp3) is 0.933. The summed E-state index contributed by atoms with van der Waals surface area (Å²) in [5, 5.41) is 12.7. The molecule has 0 rings (SSSR count). The lowest BCUT2D eigenvalue weighted by Gasteiger charge is -2.32. The Labute approximate surface area is 124 Å². The molecule has 0 aromatic rings. The highest BCUT2D eigenvalue weighted by molar-refractivity contribution is 5.04. The van der Waals surface area contributed by atoms with Gasteiger partial charge in [-0.3, -0.25) is 10.2 Å². The molecule has 0 saturated carbocycles. The average molecular weight is 285 g/mol. The van der Waals surface area contributed by atoms with Crippen LogP contribution >= 0.6 is 0 Å². The summed E-state index contributed by atoms with van der Waals surface area (Å²) in [7, 11) is 3.43. The van der Waals surface area contributed by atoms with Crippen molar-refractivity contribution in [2.75, 3.05) is 47.1 Å². The first-order chi connectivity index (χ1) is 9.52. The van der Waals surface area contributed by atoms with E-state index < -0.39 is 5.54 Å². The number of rotatable bonds is 12. The quantitative estimate of drug-likeness (QED) is 0.591. The molecule has 5 nitrogen and oxygen atoms in total. The minimum Gasteiger partial charge on any atom is -0.383 e. The Morgan fingerprint density at radius 2 is 2.00 bits per heavy atom. The van der Waals surface area contributed by atoms with Gasteiger partial charge in [0.1, 0.15) is 5.54 Å². The van der Waals surface area contributed by atoms with Gasteiger partial charge in [-0.1, -0.05) is 6.92 Å². The molecule has 2 unspecified atom stereocenters. The zero-order chi connectivity index (χ0) is 15.4. The van der Waals surface area contributed by atoms with Gasteiger partial charge in [0.15, 0.2) is 0 Å². The van der Waals surface area contributed by atoms with Crippen LogP contribution in [0.5, 0.6) is 0 Å². The van der Waals surface area contributed by atoms with E-state index in [4.69, 9.17) is 9.47 Å². The van der Waals surface area contributed by atoms with Crippen molar-refractivity contribution in [3.8, 4) is 6.07 Å². The van der Waals surface area contributed by atoms with E-state index in [0.29, 0.717) is 19.3 Å². The molecule has 0 radical (unpaired) electrons. The minimum absolute atomic E-state index is 0.323. The Balaban J connectivity index is 4.44. The summed E-state index contributed by atoms with van der Waals surface area (Å²) in [6, 6.07) is 2.72. The molecule has 2 atom stereocenters. The molecule has 0 aromatic carbocycles. The van der Waals surface area contributed by atoms with Crippen molar-refractivity contribution >= 4 is 0 Å². The first kappa shape index (κ1) is 19.3.